The van der Waals surface area contributed by atoms with Crippen molar-refractivity contribution in [2.45, 2.75) is 45.6 Å². The summed E-state index contributed by atoms with van der Waals surface area (Å²) in [4.78, 5) is 0. The Kier molecular flexibility index (Phi) is 2.48. The normalized spacial score (nSPS) is 43.8. The number of nitrogens with one attached hydrogen (secondary N) is 1. The molecule has 72 valence electrons. The van der Waals surface area contributed by atoms with Gasteiger partial charge in [-0.2, -0.15) is 0 Å². The maximum Gasteiger partial charge on any atom is 0.0153 e. The molecule has 1 aliphatic carbocycles. The van der Waals surface area contributed by atoms with Gasteiger partial charge in [-0.15, -0.1) is 12.4 Å². The van der Waals surface area contributed by atoms with Crippen molar-refractivity contribution in [2.24, 2.45) is 11.3 Å². The van der Waals surface area contributed by atoms with Crippen LogP contribution in [-0.2, 0) is 0 Å². The standard InChI is InChI=1S/C10H19N.ClH/c1-9(2)8-4-5-10(3,6-8)7-11-9;/h8,11H,4-7H2,1-3H3;1H/t8-,10+;/m0./s1. The van der Waals surface area contributed by atoms with Crippen LogP contribution in [0, 0.1) is 11.3 Å². The number of halogens is 1. The Morgan fingerprint density at radius 3 is 2.50 bits per heavy atom. The van der Waals surface area contributed by atoms with E-state index in [1.807, 2.05) is 0 Å². The molecule has 2 heteroatoms. The zero-order valence-electron chi connectivity index (χ0n) is 8.31. The third-order valence-electron chi connectivity index (χ3n) is 3.83. The molecule has 2 bridgehead atoms. The van der Waals surface area contributed by atoms with Crippen molar-refractivity contribution in [1.29, 1.82) is 0 Å². The lowest BCUT2D eigenvalue weighted by Gasteiger charge is -2.41. The van der Waals surface area contributed by atoms with Gasteiger partial charge in [0.05, 0.1) is 0 Å². The van der Waals surface area contributed by atoms with Crippen LogP contribution in [0.2, 0.25) is 0 Å². The molecule has 2 fully saturated rings. The molecule has 1 heterocycles. The van der Waals surface area contributed by atoms with E-state index >= 15 is 0 Å². The molecule has 0 aromatic heterocycles. The van der Waals surface area contributed by atoms with E-state index in [2.05, 4.69) is 26.1 Å². The zero-order valence-corrected chi connectivity index (χ0v) is 9.13. The summed E-state index contributed by atoms with van der Waals surface area (Å²) < 4.78 is 0. The van der Waals surface area contributed by atoms with E-state index in [-0.39, 0.29) is 12.4 Å². The van der Waals surface area contributed by atoms with Crippen molar-refractivity contribution < 1.29 is 0 Å². The molecule has 0 amide bonds. The quantitative estimate of drug-likeness (QED) is 0.618. The highest BCUT2D eigenvalue weighted by molar-refractivity contribution is 5.85. The molecule has 2 atom stereocenters. The van der Waals surface area contributed by atoms with Crippen LogP contribution in [0.3, 0.4) is 0 Å². The third-order valence-corrected chi connectivity index (χ3v) is 3.83. The van der Waals surface area contributed by atoms with Gasteiger partial charge in [0.1, 0.15) is 0 Å². The van der Waals surface area contributed by atoms with Gasteiger partial charge in [-0.3, -0.25) is 0 Å². The van der Waals surface area contributed by atoms with Gasteiger partial charge in [0.25, 0.3) is 0 Å². The number of hydrogen-bond donors (Lipinski definition) is 1. The van der Waals surface area contributed by atoms with Gasteiger partial charge in [0.15, 0.2) is 0 Å². The van der Waals surface area contributed by atoms with E-state index in [1.165, 1.54) is 25.8 Å². The van der Waals surface area contributed by atoms with E-state index in [1.54, 1.807) is 0 Å². The van der Waals surface area contributed by atoms with Crippen LogP contribution in [0.15, 0.2) is 0 Å². The lowest BCUT2D eigenvalue weighted by molar-refractivity contribution is 0.153. The summed E-state index contributed by atoms with van der Waals surface area (Å²) in [5.74, 6) is 0.932. The molecule has 1 nitrogen and oxygen atoms in total. The topological polar surface area (TPSA) is 12.0 Å². The zero-order chi connectivity index (χ0) is 8.11. The first kappa shape index (κ1) is 10.3. The first-order valence-corrected chi connectivity index (χ1v) is 4.77. The molecule has 0 unspecified atom stereocenters. The molecule has 1 saturated heterocycles. The SMILES string of the molecule is CC1(C)NC[C@]2(C)CC[C@H]1C2.Cl. The molecule has 12 heavy (non-hydrogen) atoms. The van der Waals surface area contributed by atoms with Gasteiger partial charge in [0, 0.05) is 12.1 Å². The minimum absolute atomic E-state index is 0. The second-order valence-corrected chi connectivity index (χ2v) is 5.33. The highest BCUT2D eigenvalue weighted by atomic mass is 35.5. The van der Waals surface area contributed by atoms with Crippen molar-refractivity contribution >= 4 is 12.4 Å². The first-order chi connectivity index (χ1) is 5.02. The first-order valence-electron chi connectivity index (χ1n) is 4.77. The van der Waals surface area contributed by atoms with Crippen LogP contribution in [-0.4, -0.2) is 12.1 Å². The van der Waals surface area contributed by atoms with Crippen molar-refractivity contribution in [3.8, 4) is 0 Å². The molecule has 1 N–H and O–H groups in total. The number of hydrogen-bond acceptors (Lipinski definition) is 1. The van der Waals surface area contributed by atoms with Crippen molar-refractivity contribution in [2.75, 3.05) is 6.54 Å². The molecule has 0 aromatic rings. The van der Waals surface area contributed by atoms with E-state index in [4.69, 9.17) is 0 Å². The van der Waals surface area contributed by atoms with Crippen molar-refractivity contribution in [3.05, 3.63) is 0 Å². The lowest BCUT2D eigenvalue weighted by Crippen LogP contribution is -2.52. The highest BCUT2D eigenvalue weighted by Gasteiger charge is 2.46. The number of fused-ring (bicyclic) bond motifs is 2. The predicted molar refractivity (Wildman–Crippen MR) is 54.8 cm³/mol. The molecule has 1 saturated carbocycles. The minimum Gasteiger partial charge on any atom is -0.311 e. The largest absolute Gasteiger partial charge is 0.311 e. The Labute approximate surface area is 81.7 Å². The van der Waals surface area contributed by atoms with E-state index in [9.17, 15) is 0 Å². The van der Waals surface area contributed by atoms with Crippen LogP contribution < -0.4 is 5.32 Å². The molecule has 2 aliphatic rings. The fourth-order valence-corrected chi connectivity index (χ4v) is 2.68. The monoisotopic (exact) mass is 189 g/mol. The second-order valence-electron chi connectivity index (χ2n) is 5.33. The van der Waals surface area contributed by atoms with Gasteiger partial charge in [0.2, 0.25) is 0 Å². The Balaban J connectivity index is 0.000000720. The molecule has 0 aromatic carbocycles. The van der Waals surface area contributed by atoms with Gasteiger partial charge in [-0.25, -0.2) is 0 Å². The second kappa shape index (κ2) is 2.88. The van der Waals surface area contributed by atoms with Gasteiger partial charge >= 0.3 is 0 Å². The van der Waals surface area contributed by atoms with Gasteiger partial charge in [-0.05, 0) is 44.4 Å². The molecule has 2 rings (SSSR count). The van der Waals surface area contributed by atoms with E-state index in [0.717, 1.165) is 5.92 Å². The number of piperidine rings is 1. The summed E-state index contributed by atoms with van der Waals surface area (Å²) in [6, 6.07) is 0. The lowest BCUT2D eigenvalue weighted by atomic mass is 9.77. The van der Waals surface area contributed by atoms with Crippen LogP contribution in [0.1, 0.15) is 40.0 Å². The van der Waals surface area contributed by atoms with Crippen LogP contribution in [0.25, 0.3) is 0 Å². The summed E-state index contributed by atoms with van der Waals surface area (Å²) in [5, 5.41) is 3.66. The van der Waals surface area contributed by atoms with Crippen LogP contribution in [0.4, 0.5) is 0 Å². The van der Waals surface area contributed by atoms with Crippen molar-refractivity contribution in [1.82, 2.24) is 5.32 Å². The van der Waals surface area contributed by atoms with Crippen LogP contribution in [0.5, 0.6) is 0 Å². The average molecular weight is 190 g/mol. The average Bonchev–Trinajstić information content (AvgIpc) is 2.25. The maximum atomic E-state index is 3.66. The van der Waals surface area contributed by atoms with E-state index in [0.29, 0.717) is 11.0 Å². The van der Waals surface area contributed by atoms with E-state index < -0.39 is 0 Å². The Hall–Kier alpha value is 0.250. The molecular formula is C10H20ClN. The summed E-state index contributed by atoms with van der Waals surface area (Å²) in [7, 11) is 0. The molecule has 0 radical (unpaired) electrons. The Morgan fingerprint density at radius 2 is 1.92 bits per heavy atom. The third kappa shape index (κ3) is 1.49. The summed E-state index contributed by atoms with van der Waals surface area (Å²) in [6.07, 6.45) is 4.33. The Bertz CT molecular complexity index is 179. The van der Waals surface area contributed by atoms with Crippen LogP contribution >= 0.6 is 12.4 Å². The predicted octanol–water partition coefficient (Wildman–Crippen LogP) is 2.60. The van der Waals surface area contributed by atoms with Crippen molar-refractivity contribution in [3.63, 3.8) is 0 Å². The van der Waals surface area contributed by atoms with Gasteiger partial charge < -0.3 is 5.32 Å². The Morgan fingerprint density at radius 1 is 1.25 bits per heavy atom. The van der Waals surface area contributed by atoms with Gasteiger partial charge in [-0.1, -0.05) is 6.92 Å². The number of rotatable bonds is 0. The summed E-state index contributed by atoms with van der Waals surface area (Å²) in [6.45, 7) is 8.36. The smallest absolute Gasteiger partial charge is 0.0153 e. The fraction of sp³-hybridized carbons (Fsp3) is 1.00. The summed E-state index contributed by atoms with van der Waals surface area (Å²) in [5.41, 5.74) is 1.05. The molecule has 1 aliphatic heterocycles. The highest BCUT2D eigenvalue weighted by Crippen LogP contribution is 2.48. The maximum absolute atomic E-state index is 3.66. The summed E-state index contributed by atoms with van der Waals surface area (Å²) >= 11 is 0. The minimum atomic E-state index is 0. The molecule has 0 spiro atoms. The molecular weight excluding hydrogens is 170 g/mol. The fourth-order valence-electron chi connectivity index (χ4n) is 2.68.